The second kappa shape index (κ2) is 8.02. The van der Waals surface area contributed by atoms with Crippen LogP contribution >= 0.6 is 12.4 Å². The van der Waals surface area contributed by atoms with Gasteiger partial charge in [-0.3, -0.25) is 4.79 Å². The van der Waals surface area contributed by atoms with E-state index in [1.54, 1.807) is 0 Å². The van der Waals surface area contributed by atoms with Crippen molar-refractivity contribution in [1.29, 1.82) is 0 Å². The predicted molar refractivity (Wildman–Crippen MR) is 96.3 cm³/mol. The van der Waals surface area contributed by atoms with Gasteiger partial charge in [-0.25, -0.2) is 0 Å². The highest BCUT2D eigenvalue weighted by molar-refractivity contribution is 5.86. The Morgan fingerprint density at radius 2 is 1.87 bits per heavy atom. The molecule has 0 aliphatic heterocycles. The van der Waals surface area contributed by atoms with Crippen LogP contribution in [0.2, 0.25) is 0 Å². The van der Waals surface area contributed by atoms with Crippen LogP contribution in [0, 0.1) is 0 Å². The van der Waals surface area contributed by atoms with E-state index in [2.05, 4.69) is 32.2 Å². The summed E-state index contributed by atoms with van der Waals surface area (Å²) >= 11 is 0. The zero-order chi connectivity index (χ0) is 16.2. The molecule has 1 amide bonds. The molecule has 130 valence electrons. The normalized spacial score (nSPS) is 16.5. The zero-order valence-corrected chi connectivity index (χ0v) is 15.2. The molecular weight excluding hydrogens is 312 g/mol. The molecule has 0 bridgehead atoms. The van der Waals surface area contributed by atoms with Crippen LogP contribution in [0.15, 0.2) is 24.3 Å². The Bertz CT molecular complexity index is 520. The number of para-hydroxylation sites is 1. The van der Waals surface area contributed by atoms with Crippen molar-refractivity contribution >= 4 is 18.3 Å². The van der Waals surface area contributed by atoms with Gasteiger partial charge < -0.3 is 15.8 Å². The molecule has 0 saturated heterocycles. The first-order chi connectivity index (χ1) is 10.3. The number of hydrogen-bond donors (Lipinski definition) is 2. The number of halogens is 1. The summed E-state index contributed by atoms with van der Waals surface area (Å²) < 4.78 is 5.85. The average Bonchev–Trinajstić information content (AvgIpc) is 2.91. The minimum Gasteiger partial charge on any atom is -0.491 e. The summed E-state index contributed by atoms with van der Waals surface area (Å²) in [6.07, 6.45) is 3.65. The van der Waals surface area contributed by atoms with Crippen LogP contribution in [0.4, 0.5) is 0 Å². The Morgan fingerprint density at radius 3 is 2.48 bits per heavy atom. The van der Waals surface area contributed by atoms with E-state index in [0.717, 1.165) is 31.4 Å². The summed E-state index contributed by atoms with van der Waals surface area (Å²) in [5.74, 6) is 0.838. The molecule has 0 radical (unpaired) electrons. The van der Waals surface area contributed by atoms with Crippen molar-refractivity contribution < 1.29 is 9.53 Å². The highest BCUT2D eigenvalue weighted by Gasteiger charge is 2.36. The average molecular weight is 341 g/mol. The number of carbonyl (C=O) groups is 1. The lowest BCUT2D eigenvalue weighted by Crippen LogP contribution is -2.52. The van der Waals surface area contributed by atoms with E-state index in [0.29, 0.717) is 13.2 Å². The Morgan fingerprint density at radius 1 is 1.26 bits per heavy atom. The SMILES string of the molecule is CC(C)(C)c1ccccc1OCCNC(=O)C1(N)CCCC1.Cl. The second-order valence-corrected chi connectivity index (χ2v) is 7.21. The number of nitrogens with one attached hydrogen (secondary N) is 1. The van der Waals surface area contributed by atoms with Crippen LogP contribution < -0.4 is 15.8 Å². The van der Waals surface area contributed by atoms with Crippen molar-refractivity contribution in [3.8, 4) is 5.75 Å². The van der Waals surface area contributed by atoms with Crippen molar-refractivity contribution in [2.75, 3.05) is 13.2 Å². The van der Waals surface area contributed by atoms with Gasteiger partial charge >= 0.3 is 0 Å². The monoisotopic (exact) mass is 340 g/mol. The molecule has 1 aromatic carbocycles. The minimum absolute atomic E-state index is 0. The van der Waals surface area contributed by atoms with Crippen LogP contribution in [0.25, 0.3) is 0 Å². The summed E-state index contributed by atoms with van der Waals surface area (Å²) in [4.78, 5) is 12.1. The van der Waals surface area contributed by atoms with Gasteiger partial charge in [-0.15, -0.1) is 12.4 Å². The van der Waals surface area contributed by atoms with Crippen LogP contribution in [0.1, 0.15) is 52.0 Å². The van der Waals surface area contributed by atoms with E-state index in [1.807, 2.05) is 18.2 Å². The molecule has 23 heavy (non-hydrogen) atoms. The van der Waals surface area contributed by atoms with Gasteiger partial charge in [0, 0.05) is 0 Å². The molecular formula is C18H29ClN2O2. The standard InChI is InChI=1S/C18H28N2O2.ClH/c1-17(2,3)14-8-4-5-9-15(14)22-13-12-20-16(21)18(19)10-6-7-11-18;/h4-5,8-9H,6-7,10-13,19H2,1-3H3,(H,20,21);1H. The number of hydrogen-bond acceptors (Lipinski definition) is 3. The van der Waals surface area contributed by atoms with E-state index in [4.69, 9.17) is 10.5 Å². The Balaban J connectivity index is 0.00000264. The lowest BCUT2D eigenvalue weighted by Gasteiger charge is -2.24. The highest BCUT2D eigenvalue weighted by Crippen LogP contribution is 2.31. The molecule has 0 unspecified atom stereocenters. The Hall–Kier alpha value is -1.26. The third-order valence-corrected chi connectivity index (χ3v) is 4.29. The first-order valence-electron chi connectivity index (χ1n) is 8.12. The van der Waals surface area contributed by atoms with Gasteiger partial charge in [-0.05, 0) is 29.9 Å². The summed E-state index contributed by atoms with van der Waals surface area (Å²) in [7, 11) is 0. The van der Waals surface area contributed by atoms with Crippen LogP contribution in [0.3, 0.4) is 0 Å². The van der Waals surface area contributed by atoms with Crippen LogP contribution in [-0.4, -0.2) is 24.6 Å². The molecule has 1 aliphatic rings. The highest BCUT2D eigenvalue weighted by atomic mass is 35.5. The van der Waals surface area contributed by atoms with Gasteiger partial charge in [0.2, 0.25) is 5.91 Å². The van der Waals surface area contributed by atoms with Crippen molar-refractivity contribution in [2.45, 2.75) is 57.4 Å². The van der Waals surface area contributed by atoms with Crippen molar-refractivity contribution in [1.82, 2.24) is 5.32 Å². The molecule has 3 N–H and O–H groups in total. The number of carbonyl (C=O) groups excluding carboxylic acids is 1. The van der Waals surface area contributed by atoms with E-state index in [9.17, 15) is 4.79 Å². The van der Waals surface area contributed by atoms with Gasteiger partial charge in [0.1, 0.15) is 12.4 Å². The largest absolute Gasteiger partial charge is 0.491 e. The lowest BCUT2D eigenvalue weighted by molar-refractivity contribution is -0.126. The summed E-state index contributed by atoms with van der Waals surface area (Å²) in [5.41, 5.74) is 6.67. The van der Waals surface area contributed by atoms with E-state index < -0.39 is 5.54 Å². The van der Waals surface area contributed by atoms with Gasteiger partial charge in [-0.2, -0.15) is 0 Å². The molecule has 0 heterocycles. The fraction of sp³-hybridized carbons (Fsp3) is 0.611. The fourth-order valence-electron chi connectivity index (χ4n) is 2.95. The van der Waals surface area contributed by atoms with Crippen molar-refractivity contribution in [3.05, 3.63) is 29.8 Å². The number of nitrogens with two attached hydrogens (primary N) is 1. The number of benzene rings is 1. The molecule has 0 atom stereocenters. The van der Waals surface area contributed by atoms with Gasteiger partial charge in [-0.1, -0.05) is 51.8 Å². The van der Waals surface area contributed by atoms with Gasteiger partial charge in [0.25, 0.3) is 0 Å². The maximum Gasteiger partial charge on any atom is 0.240 e. The van der Waals surface area contributed by atoms with Crippen molar-refractivity contribution in [3.63, 3.8) is 0 Å². The molecule has 4 nitrogen and oxygen atoms in total. The summed E-state index contributed by atoms with van der Waals surface area (Å²) in [6.45, 7) is 7.42. The minimum atomic E-state index is -0.663. The molecule has 0 spiro atoms. The Kier molecular flexibility index (Phi) is 6.90. The maximum absolute atomic E-state index is 12.1. The van der Waals surface area contributed by atoms with Crippen molar-refractivity contribution in [2.24, 2.45) is 5.73 Å². The quantitative estimate of drug-likeness (QED) is 0.809. The molecule has 0 aromatic heterocycles. The smallest absolute Gasteiger partial charge is 0.240 e. The number of rotatable bonds is 5. The second-order valence-electron chi connectivity index (χ2n) is 7.21. The maximum atomic E-state index is 12.1. The number of ether oxygens (including phenoxy) is 1. The van der Waals surface area contributed by atoms with E-state index >= 15 is 0 Å². The first-order valence-corrected chi connectivity index (χ1v) is 8.12. The molecule has 1 saturated carbocycles. The third-order valence-electron chi connectivity index (χ3n) is 4.29. The van der Waals surface area contributed by atoms with Crippen LogP contribution in [0.5, 0.6) is 5.75 Å². The topological polar surface area (TPSA) is 64.3 Å². The summed E-state index contributed by atoms with van der Waals surface area (Å²) in [5, 5.41) is 2.90. The van der Waals surface area contributed by atoms with E-state index in [1.165, 1.54) is 5.56 Å². The third kappa shape index (κ3) is 5.11. The predicted octanol–water partition coefficient (Wildman–Crippen LogP) is 3.17. The zero-order valence-electron chi connectivity index (χ0n) is 14.4. The van der Waals surface area contributed by atoms with Gasteiger partial charge in [0.15, 0.2) is 0 Å². The van der Waals surface area contributed by atoms with Crippen LogP contribution in [-0.2, 0) is 10.2 Å². The number of amides is 1. The molecule has 1 fully saturated rings. The fourth-order valence-corrected chi connectivity index (χ4v) is 2.95. The van der Waals surface area contributed by atoms with E-state index in [-0.39, 0.29) is 23.7 Å². The summed E-state index contributed by atoms with van der Waals surface area (Å²) in [6, 6.07) is 8.05. The Labute approximate surface area is 145 Å². The molecule has 1 aliphatic carbocycles. The van der Waals surface area contributed by atoms with Gasteiger partial charge in [0.05, 0.1) is 12.1 Å². The lowest BCUT2D eigenvalue weighted by atomic mass is 9.86. The molecule has 2 rings (SSSR count). The molecule has 5 heteroatoms. The first kappa shape index (κ1) is 19.8. The molecule has 1 aromatic rings.